The van der Waals surface area contributed by atoms with Gasteiger partial charge in [-0.1, -0.05) is 22.6 Å². The van der Waals surface area contributed by atoms with E-state index in [0.29, 0.717) is 52.9 Å². The lowest BCUT2D eigenvalue weighted by Crippen LogP contribution is -2.13. The molecule has 0 aromatic carbocycles. The molecular weight excluding hydrogens is 351 g/mol. The smallest absolute Gasteiger partial charge is 0.0701 e. The van der Waals surface area contributed by atoms with Gasteiger partial charge in [0.05, 0.1) is 59.5 Å². The molecule has 0 amide bonds. The van der Waals surface area contributed by atoms with E-state index in [1.54, 1.807) is 0 Å². The van der Waals surface area contributed by atoms with E-state index in [1.165, 1.54) is 0 Å². The van der Waals surface area contributed by atoms with Gasteiger partial charge in [0.25, 0.3) is 0 Å². The maximum absolute atomic E-state index is 5.34. The second kappa shape index (κ2) is 17.5. The summed E-state index contributed by atoms with van der Waals surface area (Å²) < 4.78 is 27.4. The van der Waals surface area contributed by atoms with E-state index in [-0.39, 0.29) is 0 Å². The number of hydrogen-bond acceptors (Lipinski definition) is 5. The van der Waals surface area contributed by atoms with Crippen LogP contribution in [0.25, 0.3) is 0 Å². The van der Waals surface area contributed by atoms with Crippen LogP contribution in [0.5, 0.6) is 0 Å². The molecule has 0 aliphatic rings. The van der Waals surface area contributed by atoms with Gasteiger partial charge in [-0.2, -0.15) is 0 Å². The third kappa shape index (κ3) is 16.5. The van der Waals surface area contributed by atoms with Crippen LogP contribution < -0.4 is 0 Å². The number of rotatable bonds is 15. The fraction of sp³-hybridized carbons (Fsp3) is 1.00. The van der Waals surface area contributed by atoms with Gasteiger partial charge >= 0.3 is 0 Å². The summed E-state index contributed by atoms with van der Waals surface area (Å²) in [5.41, 5.74) is 0. The lowest BCUT2D eigenvalue weighted by molar-refractivity contribution is -0.00910. The predicted molar refractivity (Wildman–Crippen MR) is 78.7 cm³/mol. The molecule has 5 nitrogen and oxygen atoms in total. The molecule has 0 unspecified atom stereocenters. The molecule has 110 valence electrons. The van der Waals surface area contributed by atoms with Crippen LogP contribution in [0.15, 0.2) is 0 Å². The van der Waals surface area contributed by atoms with Gasteiger partial charge in [0.2, 0.25) is 0 Å². The SMILES string of the molecule is CCOCCOCCOCCOCCOCCI. The zero-order valence-corrected chi connectivity index (χ0v) is 13.4. The van der Waals surface area contributed by atoms with E-state index in [1.807, 2.05) is 6.92 Å². The Bertz CT molecular complexity index is 132. The molecule has 0 aliphatic carbocycles. The summed E-state index contributed by atoms with van der Waals surface area (Å²) in [5.74, 6) is 0. The number of alkyl halides is 1. The van der Waals surface area contributed by atoms with Crippen LogP contribution in [0.2, 0.25) is 0 Å². The van der Waals surface area contributed by atoms with Gasteiger partial charge in [-0.25, -0.2) is 0 Å². The van der Waals surface area contributed by atoms with Crippen molar-refractivity contribution in [3.63, 3.8) is 0 Å². The van der Waals surface area contributed by atoms with Gasteiger partial charge < -0.3 is 23.7 Å². The Morgan fingerprint density at radius 1 is 0.556 bits per heavy atom. The van der Waals surface area contributed by atoms with Crippen LogP contribution in [0.3, 0.4) is 0 Å². The average molecular weight is 376 g/mol. The molecule has 0 spiro atoms. The zero-order chi connectivity index (χ0) is 13.3. The average Bonchev–Trinajstić information content (AvgIpc) is 2.39. The van der Waals surface area contributed by atoms with Gasteiger partial charge in [-0.05, 0) is 6.92 Å². The van der Waals surface area contributed by atoms with E-state index >= 15 is 0 Å². The van der Waals surface area contributed by atoms with Gasteiger partial charge in [0.15, 0.2) is 0 Å². The second-order valence-electron chi connectivity index (χ2n) is 3.34. The van der Waals surface area contributed by atoms with E-state index in [0.717, 1.165) is 17.6 Å². The topological polar surface area (TPSA) is 46.2 Å². The van der Waals surface area contributed by atoms with E-state index < -0.39 is 0 Å². The molecule has 18 heavy (non-hydrogen) atoms. The predicted octanol–water partition coefficient (Wildman–Crippen LogP) is 1.52. The molecule has 0 radical (unpaired) electrons. The molecule has 0 rings (SSSR count). The van der Waals surface area contributed by atoms with Crippen molar-refractivity contribution < 1.29 is 23.7 Å². The standard InChI is InChI=1S/C12H25IO5/c1-2-14-5-6-16-9-10-18-12-11-17-8-7-15-4-3-13/h2-12H2,1H3. The zero-order valence-electron chi connectivity index (χ0n) is 11.2. The molecule has 0 saturated heterocycles. The molecule has 0 aromatic heterocycles. The van der Waals surface area contributed by atoms with Crippen molar-refractivity contribution in [2.24, 2.45) is 0 Å². The molecule has 0 aliphatic heterocycles. The molecule has 0 atom stereocenters. The Hall–Kier alpha value is 0.530. The van der Waals surface area contributed by atoms with Crippen LogP contribution >= 0.6 is 22.6 Å². The Balaban J connectivity index is 2.86. The van der Waals surface area contributed by atoms with Crippen molar-refractivity contribution >= 4 is 22.6 Å². The normalized spacial score (nSPS) is 11.0. The molecule has 0 fully saturated rings. The molecule has 0 saturated carbocycles. The van der Waals surface area contributed by atoms with Crippen molar-refractivity contribution in [3.05, 3.63) is 0 Å². The molecule has 0 bridgehead atoms. The minimum absolute atomic E-state index is 0.598. The first-order chi connectivity index (χ1) is 8.91. The Labute approximate surface area is 124 Å². The molecular formula is C12H25IO5. The summed E-state index contributed by atoms with van der Waals surface area (Å²) in [4.78, 5) is 0. The minimum Gasteiger partial charge on any atom is -0.379 e. The Kier molecular flexibility index (Phi) is 18.0. The molecule has 0 N–H and O–H groups in total. The van der Waals surface area contributed by atoms with Crippen LogP contribution in [0, 0.1) is 0 Å². The minimum atomic E-state index is 0.598. The van der Waals surface area contributed by atoms with Crippen LogP contribution in [0.4, 0.5) is 0 Å². The maximum Gasteiger partial charge on any atom is 0.0701 e. The molecule has 0 heterocycles. The highest BCUT2D eigenvalue weighted by Gasteiger charge is 1.92. The largest absolute Gasteiger partial charge is 0.379 e. The lowest BCUT2D eigenvalue weighted by atomic mass is 10.7. The first-order valence-electron chi connectivity index (χ1n) is 6.36. The van der Waals surface area contributed by atoms with Gasteiger partial charge in [-0.3, -0.25) is 0 Å². The summed E-state index contributed by atoms with van der Waals surface area (Å²) in [7, 11) is 0. The maximum atomic E-state index is 5.34. The highest BCUT2D eigenvalue weighted by atomic mass is 127. The lowest BCUT2D eigenvalue weighted by Gasteiger charge is -2.07. The summed E-state index contributed by atoms with van der Waals surface area (Å²) in [6, 6.07) is 0. The third-order valence-corrected chi connectivity index (χ3v) is 2.35. The number of ether oxygens (including phenoxy) is 5. The van der Waals surface area contributed by atoms with Crippen molar-refractivity contribution in [3.8, 4) is 0 Å². The van der Waals surface area contributed by atoms with Crippen molar-refractivity contribution in [2.75, 3.05) is 70.5 Å². The van der Waals surface area contributed by atoms with E-state index in [9.17, 15) is 0 Å². The van der Waals surface area contributed by atoms with E-state index in [4.69, 9.17) is 23.7 Å². The highest BCUT2D eigenvalue weighted by Crippen LogP contribution is 1.85. The quantitative estimate of drug-likeness (QED) is 0.246. The second-order valence-corrected chi connectivity index (χ2v) is 4.41. The van der Waals surface area contributed by atoms with Crippen molar-refractivity contribution in [2.45, 2.75) is 6.92 Å². The van der Waals surface area contributed by atoms with Crippen LogP contribution in [0.1, 0.15) is 6.92 Å². The summed E-state index contributed by atoms with van der Waals surface area (Å²) in [6.45, 7) is 8.46. The highest BCUT2D eigenvalue weighted by molar-refractivity contribution is 14.1. The van der Waals surface area contributed by atoms with E-state index in [2.05, 4.69) is 22.6 Å². The first kappa shape index (κ1) is 18.5. The monoisotopic (exact) mass is 376 g/mol. The fourth-order valence-corrected chi connectivity index (χ4v) is 1.39. The number of hydrogen-bond donors (Lipinski definition) is 0. The Morgan fingerprint density at radius 3 is 1.22 bits per heavy atom. The molecule has 0 aromatic rings. The third-order valence-electron chi connectivity index (χ3n) is 1.91. The Morgan fingerprint density at radius 2 is 0.889 bits per heavy atom. The van der Waals surface area contributed by atoms with Gasteiger partial charge in [0, 0.05) is 11.0 Å². The summed E-state index contributed by atoms with van der Waals surface area (Å²) in [6.07, 6.45) is 0. The van der Waals surface area contributed by atoms with Crippen molar-refractivity contribution in [1.29, 1.82) is 0 Å². The van der Waals surface area contributed by atoms with Crippen LogP contribution in [-0.4, -0.2) is 70.5 Å². The molecule has 6 heteroatoms. The first-order valence-corrected chi connectivity index (χ1v) is 7.89. The van der Waals surface area contributed by atoms with Crippen LogP contribution in [-0.2, 0) is 23.7 Å². The fourth-order valence-electron chi connectivity index (χ4n) is 1.08. The summed E-state index contributed by atoms with van der Waals surface area (Å²) in [5, 5.41) is 0. The van der Waals surface area contributed by atoms with Gasteiger partial charge in [0.1, 0.15) is 0 Å². The summed E-state index contributed by atoms with van der Waals surface area (Å²) >= 11 is 2.28. The number of halogens is 1. The van der Waals surface area contributed by atoms with Crippen molar-refractivity contribution in [1.82, 2.24) is 0 Å². The van der Waals surface area contributed by atoms with Gasteiger partial charge in [-0.15, -0.1) is 0 Å².